The van der Waals surface area contributed by atoms with E-state index in [4.69, 9.17) is 9.47 Å². The summed E-state index contributed by atoms with van der Waals surface area (Å²) in [5.41, 5.74) is 0.663. The van der Waals surface area contributed by atoms with Gasteiger partial charge in [0, 0.05) is 18.3 Å². The third kappa shape index (κ3) is 3.84. The van der Waals surface area contributed by atoms with Gasteiger partial charge in [-0.2, -0.15) is 5.10 Å². The number of amides is 2. The first-order chi connectivity index (χ1) is 12.2. The van der Waals surface area contributed by atoms with Gasteiger partial charge in [0.2, 0.25) is 0 Å². The number of urea groups is 1. The lowest BCUT2D eigenvalue weighted by molar-refractivity contribution is 0.159. The molecule has 0 spiro atoms. The van der Waals surface area contributed by atoms with E-state index in [1.807, 2.05) is 6.92 Å². The number of rotatable bonds is 5. The Bertz CT molecular complexity index is 704. The van der Waals surface area contributed by atoms with Gasteiger partial charge >= 0.3 is 6.03 Å². The van der Waals surface area contributed by atoms with E-state index < -0.39 is 0 Å². The summed E-state index contributed by atoms with van der Waals surface area (Å²) in [6, 6.07) is 5.11. The number of benzene rings is 1. The zero-order valence-corrected chi connectivity index (χ0v) is 14.5. The molecule has 1 atom stereocenters. The molecule has 2 heterocycles. The van der Waals surface area contributed by atoms with Crippen LogP contribution in [0.15, 0.2) is 24.5 Å². The Labute approximate surface area is 146 Å². The largest absolute Gasteiger partial charge is 0.493 e. The number of likely N-dealkylation sites (tertiary alicyclic amines) is 1. The molecule has 1 fully saturated rings. The van der Waals surface area contributed by atoms with Crippen LogP contribution in [0.1, 0.15) is 38.1 Å². The average Bonchev–Trinajstić information content (AvgIpc) is 3.17. The Balaban J connectivity index is 1.75. The molecule has 1 aromatic carbocycles. The first-order valence-electron chi connectivity index (χ1n) is 8.46. The van der Waals surface area contributed by atoms with Crippen LogP contribution in [0.4, 0.5) is 10.5 Å². The molecule has 134 valence electrons. The highest BCUT2D eigenvalue weighted by molar-refractivity contribution is 5.90. The Morgan fingerprint density at radius 2 is 2.28 bits per heavy atom. The highest BCUT2D eigenvalue weighted by Crippen LogP contribution is 2.32. The lowest BCUT2D eigenvalue weighted by atomic mass is 10.0. The Morgan fingerprint density at radius 1 is 1.40 bits per heavy atom. The number of methoxy groups -OCH3 is 1. The van der Waals surface area contributed by atoms with Gasteiger partial charge in [-0.1, -0.05) is 0 Å². The van der Waals surface area contributed by atoms with E-state index in [1.54, 1.807) is 30.2 Å². The number of H-pyrrole nitrogens is 1. The van der Waals surface area contributed by atoms with Crippen LogP contribution in [-0.4, -0.2) is 46.4 Å². The van der Waals surface area contributed by atoms with Gasteiger partial charge in [0.15, 0.2) is 11.5 Å². The normalized spacial score (nSPS) is 17.2. The fraction of sp³-hybridized carbons (Fsp3) is 0.471. The summed E-state index contributed by atoms with van der Waals surface area (Å²) >= 11 is 0. The van der Waals surface area contributed by atoms with Crippen LogP contribution in [0.3, 0.4) is 0 Å². The number of ether oxygens (including phenoxy) is 2. The monoisotopic (exact) mass is 345 g/mol. The highest BCUT2D eigenvalue weighted by atomic mass is 16.5. The summed E-state index contributed by atoms with van der Waals surface area (Å²) < 4.78 is 10.8. The number of piperidine rings is 1. The molecule has 1 aromatic heterocycles. The van der Waals surface area contributed by atoms with E-state index in [-0.39, 0.29) is 12.1 Å². The zero-order valence-electron chi connectivity index (χ0n) is 14.5. The van der Waals surface area contributed by atoms with Crippen molar-refractivity contribution < 1.29 is 14.3 Å². The minimum atomic E-state index is -0.159. The summed E-state index contributed by atoms with van der Waals surface area (Å²) in [6.07, 6.45) is 4.38. The van der Waals surface area contributed by atoms with Gasteiger partial charge in [-0.3, -0.25) is 5.10 Å². The van der Waals surface area contributed by atoms with Gasteiger partial charge in [0.05, 0.1) is 19.8 Å². The van der Waals surface area contributed by atoms with Crippen molar-refractivity contribution in [3.05, 3.63) is 30.4 Å². The van der Waals surface area contributed by atoms with Crippen molar-refractivity contribution in [1.29, 1.82) is 0 Å². The second kappa shape index (κ2) is 7.87. The summed E-state index contributed by atoms with van der Waals surface area (Å²) in [5, 5.41) is 9.72. The molecule has 1 aliphatic heterocycles. The van der Waals surface area contributed by atoms with Crippen molar-refractivity contribution in [2.24, 2.45) is 0 Å². The number of nitrogens with one attached hydrogen (secondary N) is 2. The Kier molecular flexibility index (Phi) is 5.37. The maximum atomic E-state index is 12.8. The maximum Gasteiger partial charge on any atom is 0.322 e. The van der Waals surface area contributed by atoms with Crippen molar-refractivity contribution in [1.82, 2.24) is 20.1 Å². The van der Waals surface area contributed by atoms with Gasteiger partial charge in [-0.25, -0.2) is 9.78 Å². The van der Waals surface area contributed by atoms with Crippen LogP contribution in [0, 0.1) is 0 Å². The van der Waals surface area contributed by atoms with Crippen molar-refractivity contribution in [3.63, 3.8) is 0 Å². The van der Waals surface area contributed by atoms with Crippen molar-refractivity contribution in [2.45, 2.75) is 32.2 Å². The second-order valence-electron chi connectivity index (χ2n) is 5.80. The quantitative estimate of drug-likeness (QED) is 0.869. The summed E-state index contributed by atoms with van der Waals surface area (Å²) in [7, 11) is 1.59. The summed E-state index contributed by atoms with van der Waals surface area (Å²) in [5.74, 6) is 1.96. The van der Waals surface area contributed by atoms with Crippen LogP contribution >= 0.6 is 0 Å². The van der Waals surface area contributed by atoms with Gasteiger partial charge in [0.25, 0.3) is 0 Å². The summed E-state index contributed by atoms with van der Waals surface area (Å²) in [4.78, 5) is 18.8. The number of aromatic amines is 1. The third-order valence-corrected chi connectivity index (χ3v) is 4.23. The molecule has 1 aliphatic rings. The number of anilines is 1. The van der Waals surface area contributed by atoms with Gasteiger partial charge in [-0.05, 0) is 38.3 Å². The van der Waals surface area contributed by atoms with Crippen molar-refractivity contribution in [3.8, 4) is 11.5 Å². The molecule has 2 aromatic rings. The number of carbonyl (C=O) groups excluding carboxylic acids is 1. The van der Waals surface area contributed by atoms with Crippen molar-refractivity contribution >= 4 is 11.7 Å². The van der Waals surface area contributed by atoms with Crippen LogP contribution in [0.2, 0.25) is 0 Å². The molecular formula is C17H23N5O3. The molecular weight excluding hydrogens is 322 g/mol. The standard InChI is InChI=1S/C17H23N5O3/c1-3-25-15-10-12(7-8-14(15)24-2)20-17(23)22-9-5-4-6-13(22)16-18-11-19-21-16/h7-8,10-11,13H,3-6,9H2,1-2H3,(H,20,23)(H,18,19,21). The topological polar surface area (TPSA) is 92.4 Å². The van der Waals surface area contributed by atoms with Gasteiger partial charge < -0.3 is 19.7 Å². The van der Waals surface area contributed by atoms with Gasteiger partial charge in [-0.15, -0.1) is 0 Å². The molecule has 0 saturated carbocycles. The first-order valence-corrected chi connectivity index (χ1v) is 8.46. The summed E-state index contributed by atoms with van der Waals surface area (Å²) in [6.45, 7) is 3.11. The predicted octanol–water partition coefficient (Wildman–Crippen LogP) is 2.97. The molecule has 1 unspecified atom stereocenters. The number of hydrogen-bond donors (Lipinski definition) is 2. The number of hydrogen-bond acceptors (Lipinski definition) is 5. The zero-order chi connectivity index (χ0) is 17.6. The fourth-order valence-corrected chi connectivity index (χ4v) is 3.05. The molecule has 0 bridgehead atoms. The number of aromatic nitrogens is 3. The molecule has 3 rings (SSSR count). The third-order valence-electron chi connectivity index (χ3n) is 4.23. The molecule has 8 heteroatoms. The Morgan fingerprint density at radius 3 is 3.00 bits per heavy atom. The van der Waals surface area contributed by atoms with Crippen molar-refractivity contribution in [2.75, 3.05) is 25.6 Å². The molecule has 1 saturated heterocycles. The van der Waals surface area contributed by atoms with Crippen LogP contribution < -0.4 is 14.8 Å². The van der Waals surface area contributed by atoms with Crippen LogP contribution in [-0.2, 0) is 0 Å². The number of carbonyl (C=O) groups is 1. The van der Waals surface area contributed by atoms with E-state index in [0.29, 0.717) is 30.3 Å². The van der Waals surface area contributed by atoms with E-state index in [9.17, 15) is 4.79 Å². The minimum Gasteiger partial charge on any atom is -0.493 e. The van der Waals surface area contributed by atoms with E-state index in [0.717, 1.165) is 25.1 Å². The highest BCUT2D eigenvalue weighted by Gasteiger charge is 2.30. The first kappa shape index (κ1) is 17.1. The van der Waals surface area contributed by atoms with E-state index >= 15 is 0 Å². The Hall–Kier alpha value is -2.77. The number of nitrogens with zero attached hydrogens (tertiary/aromatic N) is 3. The van der Waals surface area contributed by atoms with E-state index in [1.165, 1.54) is 6.33 Å². The van der Waals surface area contributed by atoms with Crippen LogP contribution in [0.25, 0.3) is 0 Å². The molecule has 8 nitrogen and oxygen atoms in total. The lowest BCUT2D eigenvalue weighted by Crippen LogP contribution is -2.41. The molecule has 2 amide bonds. The van der Waals surface area contributed by atoms with Crippen LogP contribution in [0.5, 0.6) is 11.5 Å². The van der Waals surface area contributed by atoms with Gasteiger partial charge in [0.1, 0.15) is 12.2 Å². The van der Waals surface area contributed by atoms with E-state index in [2.05, 4.69) is 20.5 Å². The fourth-order valence-electron chi connectivity index (χ4n) is 3.05. The SMILES string of the molecule is CCOc1cc(NC(=O)N2CCCCC2c2ncn[nH]2)ccc1OC. The maximum absolute atomic E-state index is 12.8. The predicted molar refractivity (Wildman–Crippen MR) is 92.9 cm³/mol. The average molecular weight is 345 g/mol. The molecule has 0 aliphatic carbocycles. The minimum absolute atomic E-state index is 0.0825. The smallest absolute Gasteiger partial charge is 0.322 e. The molecule has 25 heavy (non-hydrogen) atoms. The lowest BCUT2D eigenvalue weighted by Gasteiger charge is -2.34. The second-order valence-corrected chi connectivity index (χ2v) is 5.80. The molecule has 2 N–H and O–H groups in total. The molecule has 0 radical (unpaired) electrons.